The molecule has 0 atom stereocenters. The fourth-order valence-electron chi connectivity index (χ4n) is 3.31. The summed E-state index contributed by atoms with van der Waals surface area (Å²) in [6.45, 7) is 0. The van der Waals surface area contributed by atoms with Crippen molar-refractivity contribution in [1.82, 2.24) is 5.32 Å². The van der Waals surface area contributed by atoms with Crippen LogP contribution in [0.4, 0.5) is 10.5 Å². The molecule has 1 heterocycles. The van der Waals surface area contributed by atoms with Gasteiger partial charge in [0.2, 0.25) is 0 Å². The number of ether oxygens (including phenoxy) is 2. The summed E-state index contributed by atoms with van der Waals surface area (Å²) in [5.41, 5.74) is 0.191. The van der Waals surface area contributed by atoms with Crippen LogP contribution in [0.2, 0.25) is 10.0 Å². The van der Waals surface area contributed by atoms with E-state index in [0.717, 1.165) is 4.90 Å². The lowest BCUT2D eigenvalue weighted by atomic mass is 10.1. The number of esters is 1. The smallest absolute Gasteiger partial charge is 0.345 e. The third kappa shape index (κ3) is 5.28. The van der Waals surface area contributed by atoms with E-state index in [-0.39, 0.29) is 33.2 Å². The van der Waals surface area contributed by atoms with Crippen LogP contribution in [-0.2, 0) is 9.59 Å². The van der Waals surface area contributed by atoms with Gasteiger partial charge in [-0.2, -0.15) is 0 Å². The van der Waals surface area contributed by atoms with Gasteiger partial charge in [0.25, 0.3) is 11.8 Å². The molecule has 36 heavy (non-hydrogen) atoms. The average molecular weight is 590 g/mol. The highest BCUT2D eigenvalue weighted by Gasteiger charge is 2.37. The third-order valence-corrected chi connectivity index (χ3v) is 6.10. The van der Waals surface area contributed by atoms with E-state index in [2.05, 4.69) is 21.2 Å². The van der Waals surface area contributed by atoms with Crippen LogP contribution in [-0.4, -0.2) is 30.9 Å². The Morgan fingerprint density at radius 1 is 1.00 bits per heavy atom. The number of urea groups is 1. The van der Waals surface area contributed by atoms with E-state index in [1.807, 2.05) is 0 Å². The number of amides is 4. The lowest BCUT2D eigenvalue weighted by Gasteiger charge is -2.26. The topological polar surface area (TPSA) is 102 Å². The number of anilines is 1. The van der Waals surface area contributed by atoms with E-state index in [9.17, 15) is 19.2 Å². The van der Waals surface area contributed by atoms with Crippen LogP contribution < -0.4 is 19.7 Å². The zero-order valence-corrected chi connectivity index (χ0v) is 21.5. The Morgan fingerprint density at radius 3 is 2.39 bits per heavy atom. The molecule has 0 aliphatic carbocycles. The number of imide groups is 2. The van der Waals surface area contributed by atoms with Gasteiger partial charge in [-0.25, -0.2) is 14.5 Å². The molecule has 0 bridgehead atoms. The summed E-state index contributed by atoms with van der Waals surface area (Å²) in [7, 11) is 1.48. The monoisotopic (exact) mass is 588 g/mol. The highest BCUT2D eigenvalue weighted by atomic mass is 79.9. The van der Waals surface area contributed by atoms with Crippen LogP contribution in [0.1, 0.15) is 15.9 Å². The first-order valence-corrected chi connectivity index (χ1v) is 11.7. The summed E-state index contributed by atoms with van der Waals surface area (Å²) in [5, 5.41) is 2.60. The quantitative estimate of drug-likeness (QED) is 0.179. The van der Waals surface area contributed by atoms with Crippen LogP contribution in [0.5, 0.6) is 11.5 Å². The lowest BCUT2D eigenvalue weighted by Crippen LogP contribution is -2.54. The Hall–Kier alpha value is -3.66. The van der Waals surface area contributed by atoms with E-state index in [0.29, 0.717) is 15.2 Å². The highest BCUT2D eigenvalue weighted by Crippen LogP contribution is 2.30. The normalized spacial score (nSPS) is 14.6. The first-order chi connectivity index (χ1) is 17.2. The number of nitrogens with zero attached hydrogens (tertiary/aromatic N) is 1. The zero-order valence-electron chi connectivity index (χ0n) is 18.4. The van der Waals surface area contributed by atoms with Crippen LogP contribution in [0.15, 0.2) is 70.7 Å². The Bertz CT molecular complexity index is 1440. The van der Waals surface area contributed by atoms with Gasteiger partial charge in [0.15, 0.2) is 0 Å². The second kappa shape index (κ2) is 10.5. The maximum Gasteiger partial charge on any atom is 0.345 e. The third-order valence-electron chi connectivity index (χ3n) is 5.06. The second-order valence-corrected chi connectivity index (χ2v) is 9.11. The lowest BCUT2D eigenvalue weighted by molar-refractivity contribution is -0.122. The van der Waals surface area contributed by atoms with Crippen LogP contribution in [0, 0.1) is 0 Å². The molecule has 0 spiro atoms. The fourth-order valence-corrected chi connectivity index (χ4v) is 4.18. The minimum absolute atomic E-state index is 0.0511. The minimum Gasteiger partial charge on any atom is -0.497 e. The predicted octanol–water partition coefficient (Wildman–Crippen LogP) is 5.65. The van der Waals surface area contributed by atoms with Crippen LogP contribution in [0.25, 0.3) is 6.08 Å². The maximum absolute atomic E-state index is 13.2. The van der Waals surface area contributed by atoms with Gasteiger partial charge < -0.3 is 9.47 Å². The predicted molar refractivity (Wildman–Crippen MR) is 138 cm³/mol. The molecule has 1 aliphatic rings. The van der Waals surface area contributed by atoms with Crippen molar-refractivity contribution in [2.75, 3.05) is 12.0 Å². The van der Waals surface area contributed by atoms with Crippen LogP contribution >= 0.6 is 39.1 Å². The molecule has 8 nitrogen and oxygen atoms in total. The molecule has 3 aromatic rings. The number of rotatable bonds is 5. The van der Waals surface area contributed by atoms with E-state index in [1.54, 1.807) is 24.3 Å². The van der Waals surface area contributed by atoms with Crippen molar-refractivity contribution in [3.63, 3.8) is 0 Å². The van der Waals surface area contributed by atoms with Gasteiger partial charge in [-0.1, -0.05) is 39.1 Å². The fraction of sp³-hybridized carbons (Fsp3) is 0.0400. The summed E-state index contributed by atoms with van der Waals surface area (Å²) in [5.74, 6) is -1.94. The van der Waals surface area contributed by atoms with Gasteiger partial charge in [0.1, 0.15) is 17.1 Å². The maximum atomic E-state index is 13.2. The number of hydrogen-bond donors (Lipinski definition) is 1. The Morgan fingerprint density at radius 2 is 1.72 bits per heavy atom. The summed E-state index contributed by atoms with van der Waals surface area (Å²) in [6, 6.07) is 14.2. The molecule has 1 fully saturated rings. The molecule has 3 aromatic carbocycles. The van der Waals surface area contributed by atoms with E-state index >= 15 is 0 Å². The number of halogens is 3. The van der Waals surface area contributed by atoms with Gasteiger partial charge >= 0.3 is 12.0 Å². The number of hydrogen-bond acceptors (Lipinski definition) is 6. The van der Waals surface area contributed by atoms with Crippen molar-refractivity contribution < 1.29 is 28.7 Å². The summed E-state index contributed by atoms with van der Waals surface area (Å²) in [6.07, 6.45) is 1.23. The SMILES string of the molecule is COc1ccc(N2C(=O)NC(=O)/C(=C/c3cc(Br)ccc3OC(=O)c3ccc(Cl)cc3Cl)C2=O)cc1. The van der Waals surface area contributed by atoms with Crippen molar-refractivity contribution in [1.29, 1.82) is 0 Å². The first-order valence-electron chi connectivity index (χ1n) is 10.2. The zero-order chi connectivity index (χ0) is 26.0. The van der Waals surface area contributed by atoms with Crippen molar-refractivity contribution in [3.05, 3.63) is 91.9 Å². The van der Waals surface area contributed by atoms with Crippen molar-refractivity contribution in [2.45, 2.75) is 0 Å². The summed E-state index contributed by atoms with van der Waals surface area (Å²) < 4.78 is 11.2. The molecule has 11 heteroatoms. The van der Waals surface area contributed by atoms with Gasteiger partial charge in [-0.3, -0.25) is 14.9 Å². The molecular formula is C25H15BrCl2N2O6. The van der Waals surface area contributed by atoms with Crippen molar-refractivity contribution in [2.24, 2.45) is 0 Å². The number of carbonyl (C=O) groups is 4. The molecule has 4 amide bonds. The minimum atomic E-state index is -0.898. The molecule has 1 N–H and O–H groups in total. The number of carbonyl (C=O) groups excluding carboxylic acids is 4. The van der Waals surface area contributed by atoms with E-state index < -0.39 is 23.8 Å². The second-order valence-electron chi connectivity index (χ2n) is 7.35. The average Bonchev–Trinajstić information content (AvgIpc) is 2.83. The van der Waals surface area contributed by atoms with Gasteiger partial charge in [0, 0.05) is 15.1 Å². The van der Waals surface area contributed by atoms with Crippen molar-refractivity contribution >= 4 is 74.7 Å². The molecule has 4 rings (SSSR count). The molecule has 0 unspecified atom stereocenters. The number of methoxy groups -OCH3 is 1. The Labute approximate surface area is 223 Å². The van der Waals surface area contributed by atoms with Gasteiger partial charge in [0.05, 0.1) is 23.4 Å². The molecule has 0 saturated carbocycles. The van der Waals surface area contributed by atoms with Crippen molar-refractivity contribution in [3.8, 4) is 11.5 Å². The molecule has 1 saturated heterocycles. The molecule has 0 aromatic heterocycles. The molecule has 1 aliphatic heterocycles. The number of barbiturate groups is 1. The van der Waals surface area contributed by atoms with Gasteiger partial charge in [-0.05, 0) is 66.7 Å². The van der Waals surface area contributed by atoms with Crippen LogP contribution in [0.3, 0.4) is 0 Å². The standard InChI is InChI=1S/C25H15BrCl2N2O6/c1-35-17-6-4-16(5-7-17)30-23(32)19(22(31)29-25(30)34)11-13-10-14(26)2-9-21(13)36-24(33)18-8-3-15(27)12-20(18)28/h2-12H,1H3,(H,29,31,34)/b19-11-. The molecular weight excluding hydrogens is 575 g/mol. The first kappa shape index (κ1) is 25.4. The van der Waals surface area contributed by atoms with E-state index in [1.165, 1.54) is 49.6 Å². The van der Waals surface area contributed by atoms with Gasteiger partial charge in [-0.15, -0.1) is 0 Å². The molecule has 0 radical (unpaired) electrons. The number of benzene rings is 3. The van der Waals surface area contributed by atoms with E-state index in [4.69, 9.17) is 32.7 Å². The summed E-state index contributed by atoms with van der Waals surface area (Å²) in [4.78, 5) is 51.8. The largest absolute Gasteiger partial charge is 0.497 e. The Kier molecular flexibility index (Phi) is 7.44. The molecule has 182 valence electrons. The highest BCUT2D eigenvalue weighted by molar-refractivity contribution is 9.10. The summed E-state index contributed by atoms with van der Waals surface area (Å²) >= 11 is 15.3. The number of nitrogens with one attached hydrogen (secondary N) is 1. The Balaban J connectivity index is 1.70.